The van der Waals surface area contributed by atoms with Crippen molar-refractivity contribution in [3.8, 4) is 11.1 Å². The molecule has 0 radical (unpaired) electrons. The van der Waals surface area contributed by atoms with Crippen LogP contribution in [0.4, 0.5) is 0 Å². The SMILES string of the molecule is CCCCCc1ccc(-c2ccc(C3CCC(NC)CC3)cc2C)cc1. The molecule has 0 bridgehead atoms. The molecule has 1 saturated carbocycles. The van der Waals surface area contributed by atoms with Gasteiger partial charge in [-0.05, 0) is 86.2 Å². The van der Waals surface area contributed by atoms with Crippen LogP contribution in [0, 0.1) is 6.92 Å². The van der Waals surface area contributed by atoms with Crippen molar-refractivity contribution in [2.75, 3.05) is 7.05 Å². The molecule has 1 N–H and O–H groups in total. The van der Waals surface area contributed by atoms with Crippen molar-refractivity contribution in [3.05, 3.63) is 59.2 Å². The number of hydrogen-bond acceptors (Lipinski definition) is 1. The second-order valence-corrected chi connectivity index (χ2v) is 8.07. The molecule has 1 aliphatic rings. The van der Waals surface area contributed by atoms with E-state index in [1.165, 1.54) is 79.2 Å². The molecule has 26 heavy (non-hydrogen) atoms. The maximum absolute atomic E-state index is 3.44. The lowest BCUT2D eigenvalue weighted by molar-refractivity contribution is 0.358. The van der Waals surface area contributed by atoms with E-state index in [2.05, 4.69) is 68.7 Å². The molecule has 140 valence electrons. The third-order valence-electron chi connectivity index (χ3n) is 6.19. The van der Waals surface area contributed by atoms with E-state index < -0.39 is 0 Å². The Balaban J connectivity index is 1.67. The van der Waals surface area contributed by atoms with Crippen molar-refractivity contribution in [1.29, 1.82) is 0 Å². The highest BCUT2D eigenvalue weighted by molar-refractivity contribution is 5.68. The van der Waals surface area contributed by atoms with Crippen LogP contribution >= 0.6 is 0 Å². The third-order valence-corrected chi connectivity index (χ3v) is 6.19. The van der Waals surface area contributed by atoms with Crippen LogP contribution in [0.15, 0.2) is 42.5 Å². The Bertz CT molecular complexity index is 678. The number of benzene rings is 2. The van der Waals surface area contributed by atoms with Crippen molar-refractivity contribution in [2.45, 2.75) is 77.2 Å². The molecule has 2 aromatic carbocycles. The van der Waals surface area contributed by atoms with Crippen LogP contribution in [-0.2, 0) is 6.42 Å². The average Bonchev–Trinajstić information content (AvgIpc) is 2.69. The van der Waals surface area contributed by atoms with E-state index >= 15 is 0 Å². The van der Waals surface area contributed by atoms with Crippen LogP contribution in [0.5, 0.6) is 0 Å². The number of nitrogens with one attached hydrogen (secondary N) is 1. The summed E-state index contributed by atoms with van der Waals surface area (Å²) in [5, 5.41) is 3.44. The summed E-state index contributed by atoms with van der Waals surface area (Å²) < 4.78 is 0. The summed E-state index contributed by atoms with van der Waals surface area (Å²) in [5.74, 6) is 0.744. The number of aryl methyl sites for hydroxylation is 2. The average molecular weight is 350 g/mol. The number of rotatable bonds is 7. The lowest BCUT2D eigenvalue weighted by atomic mass is 9.81. The Morgan fingerprint density at radius 2 is 1.65 bits per heavy atom. The highest BCUT2D eigenvalue weighted by Crippen LogP contribution is 2.35. The second kappa shape index (κ2) is 9.37. The quantitative estimate of drug-likeness (QED) is 0.552. The molecule has 0 heterocycles. The summed E-state index contributed by atoms with van der Waals surface area (Å²) in [6.07, 6.45) is 10.4. The van der Waals surface area contributed by atoms with Gasteiger partial charge in [0.05, 0.1) is 0 Å². The Kier molecular flexibility index (Phi) is 6.91. The van der Waals surface area contributed by atoms with Gasteiger partial charge in [-0.15, -0.1) is 0 Å². The Labute approximate surface area is 160 Å². The van der Waals surface area contributed by atoms with Gasteiger partial charge in [-0.3, -0.25) is 0 Å². The van der Waals surface area contributed by atoms with Gasteiger partial charge < -0.3 is 5.32 Å². The van der Waals surface area contributed by atoms with Gasteiger partial charge in [0.15, 0.2) is 0 Å². The van der Waals surface area contributed by atoms with Crippen LogP contribution in [0.3, 0.4) is 0 Å². The molecule has 1 heteroatoms. The van der Waals surface area contributed by atoms with Gasteiger partial charge in [0, 0.05) is 6.04 Å². The summed E-state index contributed by atoms with van der Waals surface area (Å²) in [6.45, 7) is 4.54. The Hall–Kier alpha value is -1.60. The molecular formula is C25H35N. The first-order valence-electron chi connectivity index (χ1n) is 10.6. The van der Waals surface area contributed by atoms with Crippen molar-refractivity contribution < 1.29 is 0 Å². The van der Waals surface area contributed by atoms with E-state index in [0.29, 0.717) is 0 Å². The standard InChI is InChI=1S/C25H35N/c1-4-5-6-7-20-8-10-22(11-9-20)25-17-14-23(18-19(25)2)21-12-15-24(26-3)16-13-21/h8-11,14,17-18,21,24,26H,4-7,12-13,15-16H2,1-3H3. The van der Waals surface area contributed by atoms with Gasteiger partial charge in [0.25, 0.3) is 0 Å². The maximum Gasteiger partial charge on any atom is 0.00644 e. The molecule has 1 nitrogen and oxygen atoms in total. The third kappa shape index (κ3) is 4.76. The smallest absolute Gasteiger partial charge is 0.00644 e. The summed E-state index contributed by atoms with van der Waals surface area (Å²) in [5.41, 5.74) is 7.16. The highest BCUT2D eigenvalue weighted by Gasteiger charge is 2.21. The molecule has 1 fully saturated rings. The van der Waals surface area contributed by atoms with Crippen LogP contribution in [0.25, 0.3) is 11.1 Å². The molecule has 1 aliphatic carbocycles. The van der Waals surface area contributed by atoms with Crippen molar-refractivity contribution in [2.24, 2.45) is 0 Å². The molecule has 0 aliphatic heterocycles. The van der Waals surface area contributed by atoms with E-state index in [1.807, 2.05) is 0 Å². The summed E-state index contributed by atoms with van der Waals surface area (Å²) >= 11 is 0. The van der Waals surface area contributed by atoms with Gasteiger partial charge in [-0.1, -0.05) is 62.2 Å². The fraction of sp³-hybridized carbons (Fsp3) is 0.520. The van der Waals surface area contributed by atoms with Gasteiger partial charge in [0.2, 0.25) is 0 Å². The van der Waals surface area contributed by atoms with Gasteiger partial charge in [-0.25, -0.2) is 0 Å². The zero-order valence-electron chi connectivity index (χ0n) is 16.9. The first-order valence-corrected chi connectivity index (χ1v) is 10.6. The van der Waals surface area contributed by atoms with Crippen molar-refractivity contribution in [1.82, 2.24) is 5.32 Å². The zero-order valence-corrected chi connectivity index (χ0v) is 16.9. The fourth-order valence-electron chi connectivity index (χ4n) is 4.41. The Morgan fingerprint density at radius 3 is 2.27 bits per heavy atom. The van der Waals surface area contributed by atoms with Crippen molar-refractivity contribution >= 4 is 0 Å². The molecule has 0 atom stereocenters. The van der Waals surface area contributed by atoms with E-state index in [4.69, 9.17) is 0 Å². The number of hydrogen-bond donors (Lipinski definition) is 1. The Morgan fingerprint density at radius 1 is 0.923 bits per heavy atom. The summed E-state index contributed by atoms with van der Waals surface area (Å²) in [4.78, 5) is 0. The fourth-order valence-corrected chi connectivity index (χ4v) is 4.41. The topological polar surface area (TPSA) is 12.0 Å². The van der Waals surface area contributed by atoms with Crippen LogP contribution in [-0.4, -0.2) is 13.1 Å². The largest absolute Gasteiger partial charge is 0.317 e. The minimum atomic E-state index is 0.725. The lowest BCUT2D eigenvalue weighted by Crippen LogP contribution is -2.29. The van der Waals surface area contributed by atoms with E-state index in [-0.39, 0.29) is 0 Å². The molecule has 0 unspecified atom stereocenters. The molecule has 2 aromatic rings. The van der Waals surface area contributed by atoms with E-state index in [0.717, 1.165) is 12.0 Å². The summed E-state index contributed by atoms with van der Waals surface area (Å²) in [7, 11) is 2.10. The van der Waals surface area contributed by atoms with Crippen LogP contribution in [0.2, 0.25) is 0 Å². The first-order chi connectivity index (χ1) is 12.7. The first kappa shape index (κ1) is 19.2. The molecule has 0 saturated heterocycles. The van der Waals surface area contributed by atoms with Crippen LogP contribution < -0.4 is 5.32 Å². The summed E-state index contributed by atoms with van der Waals surface area (Å²) in [6, 6.07) is 17.1. The molecule has 0 amide bonds. The monoisotopic (exact) mass is 349 g/mol. The predicted octanol–water partition coefficient (Wildman–Crippen LogP) is 6.64. The number of unbranched alkanes of at least 4 members (excludes halogenated alkanes) is 2. The minimum Gasteiger partial charge on any atom is -0.317 e. The lowest BCUT2D eigenvalue weighted by Gasteiger charge is -2.29. The molecule has 0 spiro atoms. The second-order valence-electron chi connectivity index (χ2n) is 8.07. The maximum atomic E-state index is 3.44. The molecular weight excluding hydrogens is 314 g/mol. The molecule has 3 rings (SSSR count). The van der Waals surface area contributed by atoms with Gasteiger partial charge in [0.1, 0.15) is 0 Å². The van der Waals surface area contributed by atoms with E-state index in [1.54, 1.807) is 0 Å². The minimum absolute atomic E-state index is 0.725. The molecule has 0 aromatic heterocycles. The highest BCUT2D eigenvalue weighted by atomic mass is 14.9. The zero-order chi connectivity index (χ0) is 18.4. The predicted molar refractivity (Wildman–Crippen MR) is 114 cm³/mol. The van der Waals surface area contributed by atoms with Gasteiger partial charge in [-0.2, -0.15) is 0 Å². The van der Waals surface area contributed by atoms with Crippen LogP contribution in [0.1, 0.15) is 74.5 Å². The van der Waals surface area contributed by atoms with E-state index in [9.17, 15) is 0 Å². The normalized spacial score (nSPS) is 20.3. The van der Waals surface area contributed by atoms with Crippen molar-refractivity contribution in [3.63, 3.8) is 0 Å². The van der Waals surface area contributed by atoms with Gasteiger partial charge >= 0.3 is 0 Å².